The number of piperazine rings is 1. The number of imidazole rings is 1. The van der Waals surface area contributed by atoms with Gasteiger partial charge in [-0.3, -0.25) is 57.7 Å². The van der Waals surface area contributed by atoms with Crippen molar-refractivity contribution in [2.24, 2.45) is 5.92 Å². The molecule has 7 fully saturated rings. The molecule has 0 radical (unpaired) electrons. The van der Waals surface area contributed by atoms with Crippen LogP contribution in [0.5, 0.6) is 11.5 Å². The molecular weight excluding hydrogens is 1390 g/mol. The number of hydrogen-bond acceptors (Lipinski definition) is 23. The Morgan fingerprint density at radius 1 is 0.633 bits per heavy atom. The van der Waals surface area contributed by atoms with E-state index in [0.29, 0.717) is 81.7 Å². The van der Waals surface area contributed by atoms with E-state index in [9.17, 15) is 38.7 Å². The molecule has 29 nitrogen and oxygen atoms in total. The SMILES string of the molecule is COc1ccccc1-c1cc(N2CC3CCC(C2)N3c2ncc(C3CCN(CCCc4ccc5c(c4)n(CN4C(=O)CCC(N6C(=O)c7ccc(NC[C@H]8CC[C@H](N9CCC(n%10cc(-c%11cc(-c%12ccccc%12O)nnc%11N)cn%10)CC9)CC8)cc7C6=O)C4=O)c(=O)n5C4CCC(=O)NC4=O)CC3)cn2)c(N)nn1. The number of nitrogens with two attached hydrogens (primary N) is 2. The molecule has 4 atom stereocenters. The summed E-state index contributed by atoms with van der Waals surface area (Å²) in [6, 6.07) is 28.1. The van der Waals surface area contributed by atoms with Gasteiger partial charge in [0.25, 0.3) is 17.7 Å². The molecule has 0 spiro atoms. The number of nitrogens with zero attached hydrogens (tertiary/aromatic N) is 16. The van der Waals surface area contributed by atoms with Gasteiger partial charge in [-0.2, -0.15) is 5.10 Å². The zero-order valence-electron chi connectivity index (χ0n) is 60.9. The highest BCUT2D eigenvalue weighted by molar-refractivity contribution is 6.23. The Morgan fingerprint density at radius 3 is 2.09 bits per heavy atom. The van der Waals surface area contributed by atoms with Gasteiger partial charge in [-0.05, 0) is 199 Å². The number of carbonyl (C=O) groups excluding carboxylic acids is 6. The maximum Gasteiger partial charge on any atom is 0.331 e. The molecule has 7 N–H and O–H groups in total. The van der Waals surface area contributed by atoms with Crippen LogP contribution in [-0.2, 0) is 32.3 Å². The normalized spacial score (nSPS) is 22.5. The van der Waals surface area contributed by atoms with Gasteiger partial charge in [0.1, 0.15) is 30.3 Å². The zero-order chi connectivity index (χ0) is 74.7. The summed E-state index contributed by atoms with van der Waals surface area (Å²) >= 11 is 0. The summed E-state index contributed by atoms with van der Waals surface area (Å²) in [6.07, 6.45) is 19.2. The van der Waals surface area contributed by atoms with Crippen LogP contribution in [0, 0.1) is 5.92 Å². The van der Waals surface area contributed by atoms with E-state index in [1.807, 2.05) is 84.1 Å². The van der Waals surface area contributed by atoms with Gasteiger partial charge < -0.3 is 46.2 Å². The second kappa shape index (κ2) is 29.6. The van der Waals surface area contributed by atoms with Crippen molar-refractivity contribution in [3.8, 4) is 45.1 Å². The van der Waals surface area contributed by atoms with E-state index in [2.05, 4.69) is 50.6 Å². The van der Waals surface area contributed by atoms with Gasteiger partial charge in [0.05, 0.1) is 58.6 Å². The molecule has 8 aliphatic rings. The molecule has 109 heavy (non-hydrogen) atoms. The highest BCUT2D eigenvalue weighted by Gasteiger charge is 2.48. The van der Waals surface area contributed by atoms with E-state index in [1.54, 1.807) is 49.6 Å². The Balaban J connectivity index is 0.495. The molecule has 7 aliphatic heterocycles. The highest BCUT2D eigenvalue weighted by Crippen LogP contribution is 2.42. The van der Waals surface area contributed by atoms with Gasteiger partial charge >= 0.3 is 5.69 Å². The number of anilines is 5. The Kier molecular flexibility index (Phi) is 19.2. The number of carbonyl (C=O) groups is 6. The smallest absolute Gasteiger partial charge is 0.331 e. The Labute approximate surface area is 628 Å². The lowest BCUT2D eigenvalue weighted by atomic mass is 9.84. The lowest BCUT2D eigenvalue weighted by Gasteiger charge is -2.42. The average Bonchev–Trinajstić information content (AvgIpc) is 1.61. The second-order valence-electron chi connectivity index (χ2n) is 30.5. The van der Waals surface area contributed by atoms with Gasteiger partial charge in [-0.15, -0.1) is 20.4 Å². The molecule has 29 heteroatoms. The van der Waals surface area contributed by atoms with Gasteiger partial charge in [0.2, 0.25) is 23.7 Å². The molecule has 1 aliphatic carbocycles. The predicted octanol–water partition coefficient (Wildman–Crippen LogP) is 7.98. The van der Waals surface area contributed by atoms with Crippen molar-refractivity contribution in [3.05, 3.63) is 155 Å². The number of aromatic nitrogens is 10. The topological polar surface area (TPSA) is 350 Å². The molecule has 17 rings (SSSR count). The van der Waals surface area contributed by atoms with Gasteiger partial charge in [-0.1, -0.05) is 30.3 Å². The van der Waals surface area contributed by atoms with Crippen molar-refractivity contribution < 1.29 is 38.6 Å². The molecule has 562 valence electrons. The van der Waals surface area contributed by atoms with Crippen LogP contribution in [0.15, 0.2) is 127 Å². The number of methoxy groups -OCH3 is 1. The largest absolute Gasteiger partial charge is 0.507 e. The summed E-state index contributed by atoms with van der Waals surface area (Å²) in [5.41, 5.74) is 21.1. The number of nitrogens with one attached hydrogen (secondary N) is 2. The molecule has 4 unspecified atom stereocenters. The van der Waals surface area contributed by atoms with E-state index >= 15 is 0 Å². The summed E-state index contributed by atoms with van der Waals surface area (Å²) < 4.78 is 10.3. The average molecular weight is 1470 g/mol. The summed E-state index contributed by atoms with van der Waals surface area (Å²) in [6.45, 7) is 6.22. The minimum atomic E-state index is -1.31. The van der Waals surface area contributed by atoms with Crippen molar-refractivity contribution in [1.82, 2.24) is 74.2 Å². The van der Waals surface area contributed by atoms with E-state index in [-0.39, 0.29) is 60.7 Å². The minimum absolute atomic E-state index is 0.0155. The standard InChI is InChI=1S/C80H88N20O9/c1-109-70-11-5-3-9-59(70)63-38-68(74(82)91-89-63)94-44-55-18-19-56(45-94)98(55)79-84-40-50(41-85-79)49-26-31-92(32-27-49)30-6-7-47-14-21-64-67(35-47)95(80(108)99(64)65-22-24-71(102)87-75(65)104)46-96-72(103)25-23-66(78(96)107)100-76(105)57-20-15-52(36-61(57)77(100)106)83-39-48-12-16-53(17-13-48)93-33-28-54(29-34-93)97-43-51(42-86-97)60-37-62(88-90-73(60)81)58-8-2-4-10-69(58)101/h2-5,8-11,14-15,20-21,35-38,40-43,48-49,53-56,65-66,83,101H,6-7,12-13,16-19,22-34,39,44-46H2,1H3,(H2,81,90)(H2,82,91)(H,87,102,104)/t48-,53-,55?,56?,65?,66?. The summed E-state index contributed by atoms with van der Waals surface area (Å²) in [4.78, 5) is 120. The minimum Gasteiger partial charge on any atom is -0.507 e. The number of para-hydroxylation sites is 2. The van der Waals surface area contributed by atoms with Crippen molar-refractivity contribution in [1.29, 1.82) is 0 Å². The third-order valence-corrected chi connectivity index (χ3v) is 24.2. The maximum absolute atomic E-state index is 14.8. The number of amides is 6. The lowest BCUT2D eigenvalue weighted by molar-refractivity contribution is -0.154. The first-order chi connectivity index (χ1) is 53.1. The predicted molar refractivity (Wildman–Crippen MR) is 407 cm³/mol. The van der Waals surface area contributed by atoms with Crippen LogP contribution in [0.25, 0.3) is 44.7 Å². The number of ether oxygens (including phenoxy) is 1. The van der Waals surface area contributed by atoms with Crippen molar-refractivity contribution in [3.63, 3.8) is 0 Å². The molecular formula is C80H88N20O9. The number of rotatable bonds is 20. The fraction of sp³-hybridized carbons (Fsp3) is 0.425. The van der Waals surface area contributed by atoms with E-state index in [4.69, 9.17) is 31.3 Å². The number of aromatic hydroxyl groups is 1. The molecule has 6 saturated heterocycles. The highest BCUT2D eigenvalue weighted by atomic mass is 16.5. The number of piperidine rings is 4. The molecule has 1 saturated carbocycles. The number of aryl methyl sites for hydroxylation is 1. The van der Waals surface area contributed by atoms with Crippen LogP contribution in [-0.4, -0.2) is 193 Å². The molecule has 12 heterocycles. The van der Waals surface area contributed by atoms with Crippen molar-refractivity contribution in [2.75, 3.05) is 86.1 Å². The van der Waals surface area contributed by atoms with Crippen molar-refractivity contribution in [2.45, 2.75) is 152 Å². The quantitative estimate of drug-likeness (QED) is 0.0451. The first kappa shape index (κ1) is 70.5. The summed E-state index contributed by atoms with van der Waals surface area (Å²) in [5, 5.41) is 38.3. The number of nitrogen functional groups attached to an aromatic ring is 2. The third-order valence-electron chi connectivity index (χ3n) is 24.2. The fourth-order valence-corrected chi connectivity index (χ4v) is 18.2. The number of phenols is 1. The number of hydrogen-bond donors (Lipinski definition) is 5. The molecule has 2 bridgehead atoms. The van der Waals surface area contributed by atoms with Crippen LogP contribution in [0.1, 0.15) is 146 Å². The second-order valence-corrected chi connectivity index (χ2v) is 30.5. The number of fused-ring (bicyclic) bond motifs is 4. The number of phenolic OH excluding ortho intramolecular Hbond substituents is 1. The van der Waals surface area contributed by atoms with Crippen LogP contribution < -0.4 is 42.3 Å². The van der Waals surface area contributed by atoms with Crippen LogP contribution in [0.4, 0.5) is 29.0 Å². The molecule has 6 amide bonds. The summed E-state index contributed by atoms with van der Waals surface area (Å²) in [7, 11) is 1.65. The fourth-order valence-electron chi connectivity index (χ4n) is 18.2. The first-order valence-corrected chi connectivity index (χ1v) is 38.3. The maximum atomic E-state index is 14.8. The Morgan fingerprint density at radius 2 is 1.34 bits per heavy atom. The zero-order valence-corrected chi connectivity index (χ0v) is 60.9. The monoisotopic (exact) mass is 1470 g/mol. The van der Waals surface area contributed by atoms with Crippen LogP contribution >= 0.6 is 0 Å². The van der Waals surface area contributed by atoms with E-state index < -0.39 is 59.9 Å². The number of imide groups is 3. The molecule has 9 aromatic rings. The third kappa shape index (κ3) is 13.6. The van der Waals surface area contributed by atoms with Gasteiger partial charge in [0.15, 0.2) is 11.6 Å². The van der Waals surface area contributed by atoms with Gasteiger partial charge in [0, 0.05) is 110 Å². The first-order valence-electron chi connectivity index (χ1n) is 38.3. The van der Waals surface area contributed by atoms with E-state index in [1.165, 1.54) is 9.13 Å². The van der Waals surface area contributed by atoms with Crippen LogP contribution in [0.3, 0.4) is 0 Å². The van der Waals surface area contributed by atoms with Crippen LogP contribution in [0.2, 0.25) is 0 Å². The number of benzene rings is 4. The number of likely N-dealkylation sites (tertiary alicyclic amines) is 3. The van der Waals surface area contributed by atoms with Gasteiger partial charge in [-0.25, -0.2) is 14.8 Å². The summed E-state index contributed by atoms with van der Waals surface area (Å²) in [5.74, 6) is -0.704. The Bertz CT molecular complexity index is 5080. The Hall–Kier alpha value is -11.5. The lowest BCUT2D eigenvalue weighted by Crippen LogP contribution is -2.56. The van der Waals surface area contributed by atoms with Crippen molar-refractivity contribution >= 4 is 75.4 Å². The molecule has 5 aromatic heterocycles. The molecule has 4 aromatic carbocycles. The van der Waals surface area contributed by atoms with E-state index in [0.717, 1.165) is 166 Å².